The average Bonchev–Trinajstić information content (AvgIpc) is 3.68. The molecule has 0 saturated carbocycles. The van der Waals surface area contributed by atoms with Crippen molar-refractivity contribution < 1.29 is 24.2 Å². The van der Waals surface area contributed by atoms with Crippen molar-refractivity contribution in [2.75, 3.05) is 24.7 Å². The molecule has 3 aromatic carbocycles. The lowest BCUT2D eigenvalue weighted by Crippen LogP contribution is -2.56. The van der Waals surface area contributed by atoms with Crippen LogP contribution in [0.3, 0.4) is 0 Å². The van der Waals surface area contributed by atoms with Crippen molar-refractivity contribution in [1.29, 1.82) is 0 Å². The van der Waals surface area contributed by atoms with E-state index in [2.05, 4.69) is 13.2 Å². The zero-order valence-corrected chi connectivity index (χ0v) is 24.8. The molecule has 3 fully saturated rings. The second kappa shape index (κ2) is 12.0. The SMILES string of the molecule is C=CCCOC(=O)[C@@H]1[C@H]2C(=O)N([C@H](CO)c3ccccc3)C(C(=O)N(CC=C)c3ccc4ccccc4c3)C23CC[C@H]1S3. The first-order valence-corrected chi connectivity index (χ1v) is 15.7. The number of aliphatic hydroxyl groups excluding tert-OH is 1. The van der Waals surface area contributed by atoms with Crippen LogP contribution in [0, 0.1) is 11.8 Å². The van der Waals surface area contributed by atoms with Gasteiger partial charge in [-0.15, -0.1) is 24.9 Å². The van der Waals surface area contributed by atoms with Crippen molar-refractivity contribution in [2.24, 2.45) is 11.8 Å². The lowest BCUT2D eigenvalue weighted by molar-refractivity contribution is -0.154. The Balaban J connectivity index is 1.45. The summed E-state index contributed by atoms with van der Waals surface area (Å²) in [5.41, 5.74) is 1.44. The molecule has 6 rings (SSSR count). The van der Waals surface area contributed by atoms with Gasteiger partial charge in [-0.1, -0.05) is 72.8 Å². The summed E-state index contributed by atoms with van der Waals surface area (Å²) >= 11 is 1.59. The summed E-state index contributed by atoms with van der Waals surface area (Å²) in [4.78, 5) is 46.3. The van der Waals surface area contributed by atoms with Crippen LogP contribution in [-0.4, -0.2) is 63.6 Å². The van der Waals surface area contributed by atoms with Crippen molar-refractivity contribution in [1.82, 2.24) is 4.90 Å². The van der Waals surface area contributed by atoms with Crippen LogP contribution in [0.2, 0.25) is 0 Å². The van der Waals surface area contributed by atoms with Crippen molar-refractivity contribution in [2.45, 2.75) is 41.3 Å². The highest BCUT2D eigenvalue weighted by Gasteiger charge is 2.75. The molecule has 3 aromatic rings. The molecule has 3 heterocycles. The van der Waals surface area contributed by atoms with Crippen molar-refractivity contribution in [3.63, 3.8) is 0 Å². The summed E-state index contributed by atoms with van der Waals surface area (Å²) in [6.07, 6.45) is 5.22. The van der Waals surface area contributed by atoms with Crippen LogP contribution >= 0.6 is 11.8 Å². The molecule has 2 amide bonds. The molecule has 3 aliphatic rings. The van der Waals surface area contributed by atoms with Crippen molar-refractivity contribution in [3.05, 3.63) is 104 Å². The van der Waals surface area contributed by atoms with Gasteiger partial charge in [-0.05, 0) is 47.7 Å². The Labute approximate surface area is 256 Å². The molecule has 2 bridgehead atoms. The Bertz CT molecular complexity index is 1560. The molecule has 0 aliphatic carbocycles. The van der Waals surface area contributed by atoms with Gasteiger partial charge in [0.2, 0.25) is 5.91 Å². The lowest BCUT2D eigenvalue weighted by atomic mass is 9.71. The highest BCUT2D eigenvalue weighted by Crippen LogP contribution is 2.67. The van der Waals surface area contributed by atoms with Gasteiger partial charge in [-0.25, -0.2) is 0 Å². The van der Waals surface area contributed by atoms with E-state index in [1.807, 2.05) is 72.8 Å². The minimum absolute atomic E-state index is 0.111. The highest BCUT2D eigenvalue weighted by atomic mass is 32.2. The first kappa shape index (κ1) is 29.2. The maximum atomic E-state index is 15.0. The number of ether oxygens (including phenoxy) is 1. The van der Waals surface area contributed by atoms with Crippen LogP contribution in [0.15, 0.2) is 98.1 Å². The number of fused-ring (bicyclic) bond motifs is 2. The van der Waals surface area contributed by atoms with Gasteiger partial charge in [0.05, 0.1) is 35.8 Å². The van der Waals surface area contributed by atoms with E-state index >= 15 is 0 Å². The van der Waals surface area contributed by atoms with E-state index in [0.29, 0.717) is 24.9 Å². The molecule has 8 heteroatoms. The van der Waals surface area contributed by atoms with Crippen molar-refractivity contribution >= 4 is 46.0 Å². The molecule has 6 atom stereocenters. The first-order valence-electron chi connectivity index (χ1n) is 14.8. The molecule has 2 unspecified atom stereocenters. The monoisotopic (exact) mass is 596 g/mol. The number of hydrogen-bond donors (Lipinski definition) is 1. The number of hydrogen-bond acceptors (Lipinski definition) is 6. The second-order valence-corrected chi connectivity index (χ2v) is 13.0. The quantitative estimate of drug-likeness (QED) is 0.184. The normalized spacial score (nSPS) is 26.3. The Kier molecular flexibility index (Phi) is 8.16. The van der Waals surface area contributed by atoms with Crippen molar-refractivity contribution in [3.8, 4) is 0 Å². The minimum atomic E-state index is -0.894. The Hall–Kier alpha value is -3.88. The molecule has 1 N–H and O–H groups in total. The number of likely N-dealkylation sites (tertiary alicyclic amines) is 1. The Morgan fingerprint density at radius 3 is 2.53 bits per heavy atom. The summed E-state index contributed by atoms with van der Waals surface area (Å²) in [6.45, 7) is 7.71. The molecule has 3 aliphatic heterocycles. The predicted molar refractivity (Wildman–Crippen MR) is 169 cm³/mol. The minimum Gasteiger partial charge on any atom is -0.465 e. The third-order valence-electron chi connectivity index (χ3n) is 9.13. The number of aliphatic hydroxyl groups is 1. The highest BCUT2D eigenvalue weighted by molar-refractivity contribution is 8.02. The van der Waals surface area contributed by atoms with Crippen LogP contribution in [-0.2, 0) is 19.1 Å². The van der Waals surface area contributed by atoms with Gasteiger partial charge < -0.3 is 19.6 Å². The molecule has 1 spiro atoms. The van der Waals surface area contributed by atoms with E-state index in [1.54, 1.807) is 33.7 Å². The average molecular weight is 597 g/mol. The van der Waals surface area contributed by atoms with Gasteiger partial charge in [0.15, 0.2) is 0 Å². The molecular formula is C35H36N2O5S. The van der Waals surface area contributed by atoms with E-state index < -0.39 is 34.6 Å². The maximum absolute atomic E-state index is 15.0. The van der Waals surface area contributed by atoms with Gasteiger partial charge in [0.25, 0.3) is 5.91 Å². The smallest absolute Gasteiger partial charge is 0.310 e. The Morgan fingerprint density at radius 2 is 1.81 bits per heavy atom. The van der Waals surface area contributed by atoms with Crippen LogP contribution in [0.25, 0.3) is 10.8 Å². The maximum Gasteiger partial charge on any atom is 0.310 e. The summed E-state index contributed by atoms with van der Waals surface area (Å²) in [5.74, 6) is -2.29. The largest absolute Gasteiger partial charge is 0.465 e. The molecule has 7 nitrogen and oxygen atoms in total. The van der Waals surface area contributed by atoms with Gasteiger partial charge >= 0.3 is 5.97 Å². The Morgan fingerprint density at radius 1 is 1.07 bits per heavy atom. The fourth-order valence-corrected chi connectivity index (χ4v) is 9.47. The van der Waals surface area contributed by atoms with Crippen LogP contribution < -0.4 is 4.90 Å². The third kappa shape index (κ3) is 4.86. The summed E-state index contributed by atoms with van der Waals surface area (Å²) in [7, 11) is 0. The summed E-state index contributed by atoms with van der Waals surface area (Å²) in [5, 5.41) is 12.7. The van der Waals surface area contributed by atoms with Crippen LogP contribution in [0.1, 0.15) is 30.9 Å². The molecule has 0 radical (unpaired) electrons. The van der Waals surface area contributed by atoms with E-state index in [0.717, 1.165) is 16.3 Å². The standard InChI is InChI=1S/C35H36N2O5S/c1-3-5-20-42-34(41)29-28-17-18-35(43-28)30(29)32(39)37(27(22-38)24-12-7-6-8-13-24)31(35)33(40)36(19-4-2)26-16-15-23-11-9-10-14-25(23)21-26/h3-4,6-16,21,27-31,38H,1-2,5,17-20,22H2/t27-,28-,29+,30+,31?,35?/m1/s1. The number of carbonyl (C=O) groups excluding carboxylic acids is 3. The van der Waals surface area contributed by atoms with Gasteiger partial charge in [0.1, 0.15) is 6.04 Å². The zero-order chi connectivity index (χ0) is 30.1. The van der Waals surface area contributed by atoms with Gasteiger partial charge in [-0.3, -0.25) is 14.4 Å². The number of esters is 1. The fourth-order valence-electron chi connectivity index (χ4n) is 7.29. The molecule has 43 heavy (non-hydrogen) atoms. The number of rotatable bonds is 11. The molecule has 0 aromatic heterocycles. The van der Waals surface area contributed by atoms with E-state index in [1.165, 1.54) is 0 Å². The topological polar surface area (TPSA) is 87.1 Å². The van der Waals surface area contributed by atoms with E-state index in [4.69, 9.17) is 4.74 Å². The van der Waals surface area contributed by atoms with E-state index in [9.17, 15) is 19.5 Å². The number of benzene rings is 3. The molecule has 3 saturated heterocycles. The fraction of sp³-hybridized carbons (Fsp3) is 0.343. The lowest BCUT2D eigenvalue weighted by Gasteiger charge is -2.39. The number of amides is 2. The van der Waals surface area contributed by atoms with Crippen LogP contribution in [0.5, 0.6) is 0 Å². The third-order valence-corrected chi connectivity index (χ3v) is 11.1. The van der Waals surface area contributed by atoms with E-state index in [-0.39, 0.29) is 36.8 Å². The summed E-state index contributed by atoms with van der Waals surface area (Å²) < 4.78 is 4.80. The number of carbonyl (C=O) groups is 3. The first-order chi connectivity index (χ1) is 20.9. The number of thioether (sulfide) groups is 1. The summed E-state index contributed by atoms with van der Waals surface area (Å²) in [6, 6.07) is 21.5. The molecular weight excluding hydrogens is 560 g/mol. The van der Waals surface area contributed by atoms with Gasteiger partial charge in [-0.2, -0.15) is 0 Å². The van der Waals surface area contributed by atoms with Crippen LogP contribution in [0.4, 0.5) is 5.69 Å². The second-order valence-electron chi connectivity index (χ2n) is 11.4. The van der Waals surface area contributed by atoms with Gasteiger partial charge in [0, 0.05) is 17.5 Å². The number of anilines is 1. The molecule has 222 valence electrons. The zero-order valence-electron chi connectivity index (χ0n) is 24.0. The number of nitrogens with zero attached hydrogens (tertiary/aromatic N) is 2. The predicted octanol–water partition coefficient (Wildman–Crippen LogP) is 5.30.